The monoisotopic (exact) mass is 316 g/mol. The lowest BCUT2D eigenvalue weighted by atomic mass is 10.2. The van der Waals surface area contributed by atoms with Crippen molar-refractivity contribution in [1.29, 1.82) is 0 Å². The van der Waals surface area contributed by atoms with Gasteiger partial charge in [0.15, 0.2) is 0 Å². The van der Waals surface area contributed by atoms with Crippen LogP contribution in [-0.2, 0) is 9.53 Å². The first-order valence-corrected chi connectivity index (χ1v) is 7.33. The molecule has 2 rings (SSSR count). The average Bonchev–Trinajstić information content (AvgIpc) is 2.33. The van der Waals surface area contributed by atoms with Gasteiger partial charge >= 0.3 is 0 Å². The van der Waals surface area contributed by atoms with Gasteiger partial charge in [0.05, 0.1) is 34.5 Å². The second-order valence-electron chi connectivity index (χ2n) is 5.10. The number of nitrogens with one attached hydrogen (secondary N) is 1. The highest BCUT2D eigenvalue weighted by Gasteiger charge is 2.23. The number of carbonyl (C=O) groups is 1. The number of ether oxygens (including phenoxy) is 1. The Bertz CT molecular complexity index is 486. The van der Waals surface area contributed by atoms with Crippen LogP contribution < -0.4 is 5.32 Å². The average molecular weight is 317 g/mol. The van der Waals surface area contributed by atoms with Crippen LogP contribution >= 0.6 is 23.2 Å². The standard InChI is InChI=1S/C14H18Cl2N2O2/c1-9-6-18(7-10(2)20-9)8-13(19)17-12-5-3-4-11(15)14(12)16/h3-5,9-10H,6-8H2,1-2H3,(H,17,19)/t9-,10-/m1/s1. The topological polar surface area (TPSA) is 41.6 Å². The minimum Gasteiger partial charge on any atom is -0.373 e. The molecule has 0 aliphatic carbocycles. The Kier molecular flexibility index (Phi) is 5.27. The van der Waals surface area contributed by atoms with Crippen LogP contribution in [0.15, 0.2) is 18.2 Å². The van der Waals surface area contributed by atoms with Gasteiger partial charge in [-0.3, -0.25) is 9.69 Å². The van der Waals surface area contributed by atoms with Gasteiger partial charge < -0.3 is 10.1 Å². The minimum absolute atomic E-state index is 0.101. The van der Waals surface area contributed by atoms with E-state index in [9.17, 15) is 4.79 Å². The van der Waals surface area contributed by atoms with Crippen molar-refractivity contribution < 1.29 is 9.53 Å². The van der Waals surface area contributed by atoms with Crippen LogP contribution in [0.4, 0.5) is 5.69 Å². The molecule has 1 heterocycles. The molecule has 1 amide bonds. The van der Waals surface area contributed by atoms with Gasteiger partial charge in [-0.15, -0.1) is 0 Å². The molecular weight excluding hydrogens is 299 g/mol. The Hall–Kier alpha value is -0.810. The quantitative estimate of drug-likeness (QED) is 0.932. The van der Waals surface area contributed by atoms with Crippen molar-refractivity contribution in [3.05, 3.63) is 28.2 Å². The van der Waals surface area contributed by atoms with Crippen LogP contribution in [0.25, 0.3) is 0 Å². The van der Waals surface area contributed by atoms with E-state index in [0.29, 0.717) is 22.3 Å². The molecule has 1 aliphatic heterocycles. The molecule has 0 aromatic heterocycles. The largest absolute Gasteiger partial charge is 0.373 e. The SMILES string of the molecule is C[C@@H]1CN(CC(=O)Nc2cccc(Cl)c2Cl)C[C@@H](C)O1. The summed E-state index contributed by atoms with van der Waals surface area (Å²) in [7, 11) is 0. The smallest absolute Gasteiger partial charge is 0.238 e. The van der Waals surface area contributed by atoms with E-state index in [1.54, 1.807) is 18.2 Å². The van der Waals surface area contributed by atoms with Crippen molar-refractivity contribution in [1.82, 2.24) is 4.90 Å². The number of benzene rings is 1. The molecule has 1 saturated heterocycles. The second-order valence-corrected chi connectivity index (χ2v) is 5.89. The molecule has 4 nitrogen and oxygen atoms in total. The molecule has 0 unspecified atom stereocenters. The van der Waals surface area contributed by atoms with Gasteiger partial charge in [0.1, 0.15) is 0 Å². The van der Waals surface area contributed by atoms with Crippen LogP contribution in [0.1, 0.15) is 13.8 Å². The van der Waals surface area contributed by atoms with Gasteiger partial charge in [0, 0.05) is 13.1 Å². The number of rotatable bonds is 3. The summed E-state index contributed by atoms with van der Waals surface area (Å²) in [5, 5.41) is 3.59. The van der Waals surface area contributed by atoms with Crippen molar-refractivity contribution in [2.24, 2.45) is 0 Å². The van der Waals surface area contributed by atoms with Crippen LogP contribution in [0.3, 0.4) is 0 Å². The Balaban J connectivity index is 1.94. The first-order chi connectivity index (χ1) is 9.45. The maximum atomic E-state index is 12.1. The maximum absolute atomic E-state index is 12.1. The highest BCUT2D eigenvalue weighted by atomic mass is 35.5. The summed E-state index contributed by atoms with van der Waals surface area (Å²) in [6.07, 6.45) is 0.280. The Morgan fingerprint density at radius 3 is 2.65 bits per heavy atom. The van der Waals surface area contributed by atoms with Gasteiger partial charge in [0.25, 0.3) is 0 Å². The third-order valence-electron chi connectivity index (χ3n) is 3.09. The van der Waals surface area contributed by atoms with E-state index in [2.05, 4.69) is 10.2 Å². The molecule has 1 aromatic rings. The van der Waals surface area contributed by atoms with Gasteiger partial charge in [-0.1, -0.05) is 29.3 Å². The highest BCUT2D eigenvalue weighted by Crippen LogP contribution is 2.29. The van der Waals surface area contributed by atoms with Crippen molar-refractivity contribution in [3.63, 3.8) is 0 Å². The fraction of sp³-hybridized carbons (Fsp3) is 0.500. The molecular formula is C14H18Cl2N2O2. The fourth-order valence-corrected chi connectivity index (χ4v) is 2.75. The Morgan fingerprint density at radius 2 is 2.00 bits per heavy atom. The zero-order chi connectivity index (χ0) is 14.7. The molecule has 20 heavy (non-hydrogen) atoms. The van der Waals surface area contributed by atoms with Crippen LogP contribution in [0, 0.1) is 0 Å². The van der Waals surface area contributed by atoms with Crippen molar-refractivity contribution in [2.75, 3.05) is 25.0 Å². The molecule has 1 N–H and O–H groups in total. The summed E-state index contributed by atoms with van der Waals surface area (Å²) in [5.41, 5.74) is 0.540. The summed E-state index contributed by atoms with van der Waals surface area (Å²) < 4.78 is 5.64. The van der Waals surface area contributed by atoms with E-state index in [1.165, 1.54) is 0 Å². The molecule has 0 bridgehead atoms. The van der Waals surface area contributed by atoms with Gasteiger partial charge in [-0.2, -0.15) is 0 Å². The molecule has 0 spiro atoms. The first-order valence-electron chi connectivity index (χ1n) is 6.57. The van der Waals surface area contributed by atoms with Crippen molar-refractivity contribution in [3.8, 4) is 0 Å². The summed E-state index contributed by atoms with van der Waals surface area (Å²) in [6, 6.07) is 5.17. The predicted molar refractivity (Wildman–Crippen MR) is 81.5 cm³/mol. The number of hydrogen-bond acceptors (Lipinski definition) is 3. The lowest BCUT2D eigenvalue weighted by Crippen LogP contribution is -2.48. The van der Waals surface area contributed by atoms with E-state index in [-0.39, 0.29) is 18.1 Å². The van der Waals surface area contributed by atoms with Crippen LogP contribution in [0.2, 0.25) is 10.0 Å². The lowest BCUT2D eigenvalue weighted by molar-refractivity contribution is -0.121. The molecule has 0 saturated carbocycles. The zero-order valence-electron chi connectivity index (χ0n) is 11.5. The third-order valence-corrected chi connectivity index (χ3v) is 3.91. The molecule has 6 heteroatoms. The Morgan fingerprint density at radius 1 is 1.35 bits per heavy atom. The molecule has 1 aliphatic rings. The van der Waals surface area contributed by atoms with Crippen LogP contribution in [-0.4, -0.2) is 42.6 Å². The summed E-state index contributed by atoms with van der Waals surface area (Å²) in [6.45, 7) is 5.84. The second kappa shape index (κ2) is 6.76. The zero-order valence-corrected chi connectivity index (χ0v) is 13.0. The first kappa shape index (κ1) is 15.6. The van der Waals surface area contributed by atoms with E-state index >= 15 is 0 Å². The Labute approximate surface area is 129 Å². The number of morpholine rings is 1. The molecule has 0 radical (unpaired) electrons. The predicted octanol–water partition coefficient (Wildman–Crippen LogP) is 3.04. The van der Waals surface area contributed by atoms with Gasteiger partial charge in [-0.05, 0) is 26.0 Å². The fourth-order valence-electron chi connectivity index (χ4n) is 2.41. The summed E-state index contributed by atoms with van der Waals surface area (Å²) >= 11 is 12.0. The minimum atomic E-state index is -0.101. The van der Waals surface area contributed by atoms with Crippen LogP contribution in [0.5, 0.6) is 0 Å². The maximum Gasteiger partial charge on any atom is 0.238 e. The number of hydrogen-bond donors (Lipinski definition) is 1. The highest BCUT2D eigenvalue weighted by molar-refractivity contribution is 6.43. The van der Waals surface area contributed by atoms with Gasteiger partial charge in [0.2, 0.25) is 5.91 Å². The number of carbonyl (C=O) groups excluding carboxylic acids is 1. The van der Waals surface area contributed by atoms with E-state index in [1.807, 2.05) is 13.8 Å². The van der Waals surface area contributed by atoms with Gasteiger partial charge in [-0.25, -0.2) is 0 Å². The lowest BCUT2D eigenvalue weighted by Gasteiger charge is -2.34. The summed E-state index contributed by atoms with van der Waals surface area (Å²) in [5.74, 6) is -0.101. The van der Waals surface area contributed by atoms with E-state index in [0.717, 1.165) is 13.1 Å². The molecule has 2 atom stereocenters. The van der Waals surface area contributed by atoms with Crippen molar-refractivity contribution >= 4 is 34.8 Å². The van der Waals surface area contributed by atoms with Crippen molar-refractivity contribution in [2.45, 2.75) is 26.1 Å². The summed E-state index contributed by atoms with van der Waals surface area (Å²) in [4.78, 5) is 14.1. The number of amides is 1. The number of halogens is 2. The molecule has 1 aromatic carbocycles. The van der Waals surface area contributed by atoms with E-state index < -0.39 is 0 Å². The third kappa shape index (κ3) is 4.09. The molecule has 110 valence electrons. The number of anilines is 1. The number of nitrogens with zero attached hydrogens (tertiary/aromatic N) is 1. The normalized spacial score (nSPS) is 23.6. The van der Waals surface area contributed by atoms with E-state index in [4.69, 9.17) is 27.9 Å². The molecule has 1 fully saturated rings.